The molecule has 0 aliphatic carbocycles. The van der Waals surface area contributed by atoms with Crippen LogP contribution in [0.1, 0.15) is 22.5 Å². The Morgan fingerprint density at radius 2 is 2.06 bits per heavy atom. The molecule has 35 heavy (non-hydrogen) atoms. The van der Waals surface area contributed by atoms with E-state index in [-0.39, 0.29) is 5.91 Å². The number of likely N-dealkylation sites (N-methyl/N-ethyl adjacent to an activating group) is 1. The minimum atomic E-state index is -0.293. The number of imidazole rings is 1. The number of nitrogens with zero attached hydrogens (tertiary/aromatic N) is 6. The van der Waals surface area contributed by atoms with Crippen molar-refractivity contribution >= 4 is 34.0 Å². The first-order valence-corrected chi connectivity index (χ1v) is 11.6. The Morgan fingerprint density at radius 3 is 2.80 bits per heavy atom. The highest BCUT2D eigenvalue weighted by Gasteiger charge is 2.25. The van der Waals surface area contributed by atoms with Crippen LogP contribution in [0.5, 0.6) is 5.88 Å². The first kappa shape index (κ1) is 23.1. The van der Waals surface area contributed by atoms with E-state index in [4.69, 9.17) is 14.6 Å². The number of carbonyl (C=O) groups is 1. The Bertz CT molecular complexity index is 1380. The quantitative estimate of drug-likeness (QED) is 0.396. The predicted molar refractivity (Wildman–Crippen MR) is 134 cm³/mol. The molecule has 4 heterocycles. The molecule has 184 valence electrons. The van der Waals surface area contributed by atoms with Crippen molar-refractivity contribution in [3.63, 3.8) is 0 Å². The Hall–Kier alpha value is -3.70. The van der Waals surface area contributed by atoms with Crippen molar-refractivity contribution < 1.29 is 14.3 Å². The van der Waals surface area contributed by atoms with E-state index in [1.165, 1.54) is 7.11 Å². The van der Waals surface area contributed by atoms with Crippen molar-refractivity contribution in [1.29, 1.82) is 0 Å². The lowest BCUT2D eigenvalue weighted by atomic mass is 10.1. The van der Waals surface area contributed by atoms with Gasteiger partial charge in [-0.05, 0) is 32.5 Å². The Balaban J connectivity index is 1.51. The van der Waals surface area contributed by atoms with E-state index in [1.54, 1.807) is 17.7 Å². The van der Waals surface area contributed by atoms with Gasteiger partial charge in [0.25, 0.3) is 11.8 Å². The number of aryl methyl sites for hydroxylation is 1. The van der Waals surface area contributed by atoms with Gasteiger partial charge in [0.1, 0.15) is 5.52 Å². The second-order valence-electron chi connectivity index (χ2n) is 8.70. The number of anilines is 2. The summed E-state index contributed by atoms with van der Waals surface area (Å²) in [6.07, 6.45) is 6.64. The van der Waals surface area contributed by atoms with Gasteiger partial charge in [-0.1, -0.05) is 0 Å². The van der Waals surface area contributed by atoms with Crippen molar-refractivity contribution in [2.75, 3.05) is 51.2 Å². The average Bonchev–Trinajstić information content (AvgIpc) is 3.58. The van der Waals surface area contributed by atoms with Crippen LogP contribution >= 0.6 is 0 Å². The van der Waals surface area contributed by atoms with Gasteiger partial charge >= 0.3 is 0 Å². The first-order chi connectivity index (χ1) is 17.0. The van der Waals surface area contributed by atoms with Crippen molar-refractivity contribution in [3.05, 3.63) is 42.0 Å². The molecule has 0 unspecified atom stereocenters. The molecule has 0 bridgehead atoms. The van der Waals surface area contributed by atoms with Gasteiger partial charge in [0, 0.05) is 49.7 Å². The number of carbonyl (C=O) groups excluding carboxylic acids is 1. The zero-order chi connectivity index (χ0) is 24.5. The minimum absolute atomic E-state index is 0.293. The monoisotopic (exact) mass is 478 g/mol. The van der Waals surface area contributed by atoms with Gasteiger partial charge in [-0.3, -0.25) is 13.9 Å². The van der Waals surface area contributed by atoms with Gasteiger partial charge in [-0.2, -0.15) is 10.1 Å². The molecule has 1 amide bonds. The summed E-state index contributed by atoms with van der Waals surface area (Å²) in [6.45, 7) is 4.88. The molecule has 0 radical (unpaired) electrons. The molecule has 1 aromatic carbocycles. The molecule has 2 N–H and O–H groups in total. The second kappa shape index (κ2) is 9.51. The molecule has 1 aliphatic rings. The smallest absolute Gasteiger partial charge is 0.260 e. The van der Waals surface area contributed by atoms with Crippen molar-refractivity contribution in [2.24, 2.45) is 0 Å². The number of nitrogens with one attached hydrogen (secondary N) is 2. The zero-order valence-electron chi connectivity index (χ0n) is 20.4. The molecule has 0 saturated carbocycles. The second-order valence-corrected chi connectivity index (χ2v) is 8.70. The highest BCUT2D eigenvalue weighted by molar-refractivity contribution is 6.13. The molecule has 11 heteroatoms. The summed E-state index contributed by atoms with van der Waals surface area (Å²) in [4.78, 5) is 24.6. The van der Waals surface area contributed by atoms with E-state index in [1.807, 2.05) is 43.2 Å². The lowest BCUT2D eigenvalue weighted by Crippen LogP contribution is -2.29. The summed E-state index contributed by atoms with van der Waals surface area (Å²) in [5.41, 5.74) is 3.63. The van der Waals surface area contributed by atoms with Gasteiger partial charge in [0.2, 0.25) is 5.65 Å². The molecule has 1 saturated heterocycles. The highest BCUT2D eigenvalue weighted by Crippen LogP contribution is 2.32. The molecule has 3 aromatic heterocycles. The van der Waals surface area contributed by atoms with Crippen molar-refractivity contribution in [2.45, 2.75) is 25.9 Å². The zero-order valence-corrected chi connectivity index (χ0v) is 20.4. The van der Waals surface area contributed by atoms with E-state index in [0.717, 1.165) is 36.3 Å². The number of aromatic nitrogens is 5. The van der Waals surface area contributed by atoms with Gasteiger partial charge in [0.05, 0.1) is 37.7 Å². The third-order valence-corrected chi connectivity index (χ3v) is 6.37. The van der Waals surface area contributed by atoms with Crippen LogP contribution in [0.15, 0.2) is 30.7 Å². The van der Waals surface area contributed by atoms with Gasteiger partial charge in [-0.25, -0.2) is 4.98 Å². The molecule has 4 aromatic rings. The van der Waals surface area contributed by atoms with Gasteiger partial charge < -0.3 is 25.0 Å². The summed E-state index contributed by atoms with van der Waals surface area (Å²) >= 11 is 0. The SMILES string of the molecule is CN[C@@H]1CCN(c2ccc(C(=O)Nc3cn4cc(C)nc4c(OC)n3)c3nn(CCOC)cc23)C1. The molecule has 5 rings (SSSR count). The maximum absolute atomic E-state index is 13.4. The predicted octanol–water partition coefficient (Wildman–Crippen LogP) is 2.09. The Labute approximate surface area is 203 Å². The van der Waals surface area contributed by atoms with Crippen LogP contribution in [0.3, 0.4) is 0 Å². The van der Waals surface area contributed by atoms with Crippen molar-refractivity contribution in [3.8, 4) is 5.88 Å². The van der Waals surface area contributed by atoms with E-state index < -0.39 is 0 Å². The summed E-state index contributed by atoms with van der Waals surface area (Å²) < 4.78 is 14.2. The van der Waals surface area contributed by atoms with Gasteiger partial charge in [-0.15, -0.1) is 0 Å². The number of benzene rings is 1. The third kappa shape index (κ3) is 4.40. The number of hydrogen-bond acceptors (Lipinski definition) is 8. The minimum Gasteiger partial charge on any atom is -0.478 e. The molecule has 0 spiro atoms. The summed E-state index contributed by atoms with van der Waals surface area (Å²) in [5.74, 6) is 0.413. The molecular weight excluding hydrogens is 448 g/mol. The largest absolute Gasteiger partial charge is 0.478 e. The summed E-state index contributed by atoms with van der Waals surface area (Å²) in [6, 6.07) is 4.29. The Kier molecular flexibility index (Phi) is 6.27. The molecule has 1 atom stereocenters. The van der Waals surface area contributed by atoms with Crippen LogP contribution in [-0.4, -0.2) is 77.1 Å². The topological polar surface area (TPSA) is 111 Å². The molecule has 1 aliphatic heterocycles. The summed E-state index contributed by atoms with van der Waals surface area (Å²) in [5, 5.41) is 12.0. The highest BCUT2D eigenvalue weighted by atomic mass is 16.5. The molecule has 1 fully saturated rings. The number of methoxy groups -OCH3 is 2. The van der Waals surface area contributed by atoms with Crippen molar-refractivity contribution in [1.82, 2.24) is 29.5 Å². The summed E-state index contributed by atoms with van der Waals surface area (Å²) in [7, 11) is 5.19. The van der Waals surface area contributed by atoms with Crippen LogP contribution in [0, 0.1) is 6.92 Å². The number of hydrogen-bond donors (Lipinski definition) is 2. The van der Waals surface area contributed by atoms with Crippen LogP contribution in [0.25, 0.3) is 16.6 Å². The fourth-order valence-corrected chi connectivity index (χ4v) is 4.59. The van der Waals surface area contributed by atoms with E-state index in [0.29, 0.717) is 47.6 Å². The number of fused-ring (bicyclic) bond motifs is 2. The fourth-order valence-electron chi connectivity index (χ4n) is 4.59. The number of ether oxygens (including phenoxy) is 2. The lowest BCUT2D eigenvalue weighted by Gasteiger charge is -2.20. The fraction of sp³-hybridized carbons (Fsp3) is 0.417. The van der Waals surface area contributed by atoms with Crippen LogP contribution in [0.4, 0.5) is 11.5 Å². The van der Waals surface area contributed by atoms with Crippen LogP contribution < -0.4 is 20.3 Å². The van der Waals surface area contributed by atoms with Gasteiger partial charge in [0.15, 0.2) is 5.82 Å². The standard InChI is InChI=1S/C24H30N8O3/c1-15-11-31-14-20(28-24(35-4)22(31)26-15)27-23(33)17-5-6-19(30-8-7-16(12-30)25-2)18-13-32(9-10-34-3)29-21(17)18/h5-6,11,13-14,16,25H,7-10,12H2,1-4H3,(H,27,33)/t16-/m1/s1. The maximum Gasteiger partial charge on any atom is 0.260 e. The van der Waals surface area contributed by atoms with Crippen LogP contribution in [-0.2, 0) is 11.3 Å². The average molecular weight is 479 g/mol. The Morgan fingerprint density at radius 1 is 1.20 bits per heavy atom. The normalized spacial score (nSPS) is 15.9. The maximum atomic E-state index is 13.4. The lowest BCUT2D eigenvalue weighted by molar-refractivity contribution is 0.102. The van der Waals surface area contributed by atoms with E-state index >= 15 is 0 Å². The number of rotatable bonds is 8. The molecule has 11 nitrogen and oxygen atoms in total. The van der Waals surface area contributed by atoms with E-state index in [9.17, 15) is 4.79 Å². The number of amides is 1. The van der Waals surface area contributed by atoms with Crippen LogP contribution in [0.2, 0.25) is 0 Å². The first-order valence-electron chi connectivity index (χ1n) is 11.6. The van der Waals surface area contributed by atoms with E-state index in [2.05, 4.69) is 25.5 Å². The molecular formula is C24H30N8O3. The third-order valence-electron chi connectivity index (χ3n) is 6.37.